The number of ether oxygens (including phenoxy) is 1. The first-order valence-corrected chi connectivity index (χ1v) is 9.83. The van der Waals surface area contributed by atoms with Crippen molar-refractivity contribution in [1.29, 1.82) is 0 Å². The SMILES string of the molecule is CCOC(=O)C1=C(CN2CCC(C)CC2)NC(=O)N[C@@H]1c1ccc([N+](=O)[O-])cc1. The Hall–Kier alpha value is -2.94. The van der Waals surface area contributed by atoms with Gasteiger partial charge in [0.1, 0.15) is 0 Å². The Morgan fingerprint density at radius 1 is 1.28 bits per heavy atom. The number of carbonyl (C=O) groups excluding carboxylic acids is 2. The zero-order chi connectivity index (χ0) is 21.0. The number of urea groups is 1. The van der Waals surface area contributed by atoms with Crippen LogP contribution in [0.2, 0.25) is 0 Å². The van der Waals surface area contributed by atoms with Gasteiger partial charge in [-0.15, -0.1) is 0 Å². The maximum absolute atomic E-state index is 12.8. The van der Waals surface area contributed by atoms with Gasteiger partial charge in [0, 0.05) is 24.4 Å². The summed E-state index contributed by atoms with van der Waals surface area (Å²) in [7, 11) is 0. The Balaban J connectivity index is 1.95. The molecule has 1 aromatic rings. The molecule has 9 nitrogen and oxygen atoms in total. The molecule has 0 saturated carbocycles. The number of likely N-dealkylation sites (tertiary alicyclic amines) is 1. The van der Waals surface area contributed by atoms with Crippen LogP contribution in [-0.2, 0) is 9.53 Å². The summed E-state index contributed by atoms with van der Waals surface area (Å²) in [6.07, 6.45) is 2.14. The molecule has 0 unspecified atom stereocenters. The molecule has 29 heavy (non-hydrogen) atoms. The first-order chi connectivity index (χ1) is 13.9. The van der Waals surface area contributed by atoms with Crippen molar-refractivity contribution in [3.63, 3.8) is 0 Å². The van der Waals surface area contributed by atoms with Crippen molar-refractivity contribution in [2.75, 3.05) is 26.2 Å². The van der Waals surface area contributed by atoms with Gasteiger partial charge in [-0.3, -0.25) is 15.0 Å². The summed E-state index contributed by atoms with van der Waals surface area (Å²) in [5.41, 5.74) is 1.38. The lowest BCUT2D eigenvalue weighted by Crippen LogP contribution is -2.49. The highest BCUT2D eigenvalue weighted by Gasteiger charge is 2.34. The smallest absolute Gasteiger partial charge is 0.338 e. The van der Waals surface area contributed by atoms with Crippen LogP contribution >= 0.6 is 0 Å². The van der Waals surface area contributed by atoms with Crippen LogP contribution in [0.5, 0.6) is 0 Å². The first-order valence-electron chi connectivity index (χ1n) is 9.83. The fourth-order valence-corrected chi connectivity index (χ4v) is 3.67. The lowest BCUT2D eigenvalue weighted by atomic mass is 9.94. The fraction of sp³-hybridized carbons (Fsp3) is 0.500. The number of hydrogen-bond acceptors (Lipinski definition) is 6. The largest absolute Gasteiger partial charge is 0.463 e. The summed E-state index contributed by atoms with van der Waals surface area (Å²) in [5.74, 6) is 0.156. The number of amides is 2. The van der Waals surface area contributed by atoms with Crippen LogP contribution in [-0.4, -0.2) is 48.1 Å². The second kappa shape index (κ2) is 9.04. The topological polar surface area (TPSA) is 114 Å². The molecule has 2 aliphatic rings. The fourth-order valence-electron chi connectivity index (χ4n) is 3.67. The van der Waals surface area contributed by atoms with E-state index < -0.39 is 23.0 Å². The summed E-state index contributed by atoms with van der Waals surface area (Å²) in [4.78, 5) is 37.7. The highest BCUT2D eigenvalue weighted by atomic mass is 16.6. The summed E-state index contributed by atoms with van der Waals surface area (Å²) in [6.45, 7) is 6.38. The molecule has 1 fully saturated rings. The number of nitro groups is 1. The van der Waals surface area contributed by atoms with Gasteiger partial charge in [-0.05, 0) is 56.5 Å². The molecule has 1 atom stereocenters. The van der Waals surface area contributed by atoms with Gasteiger partial charge in [0.05, 0.1) is 23.1 Å². The van der Waals surface area contributed by atoms with Gasteiger partial charge in [0.15, 0.2) is 0 Å². The van der Waals surface area contributed by atoms with Crippen LogP contribution in [0.1, 0.15) is 38.3 Å². The van der Waals surface area contributed by atoms with Crippen molar-refractivity contribution in [3.05, 3.63) is 51.2 Å². The van der Waals surface area contributed by atoms with Crippen molar-refractivity contribution >= 4 is 17.7 Å². The van der Waals surface area contributed by atoms with Gasteiger partial charge in [0.25, 0.3) is 5.69 Å². The third-order valence-electron chi connectivity index (χ3n) is 5.34. The molecule has 156 valence electrons. The van der Waals surface area contributed by atoms with Gasteiger partial charge in [-0.2, -0.15) is 0 Å². The van der Waals surface area contributed by atoms with E-state index in [0.717, 1.165) is 25.9 Å². The number of piperidine rings is 1. The average molecular weight is 402 g/mol. The number of non-ortho nitro benzene ring substituents is 1. The standard InChI is InChI=1S/C20H26N4O5/c1-3-29-19(25)17-16(12-23-10-8-13(2)9-11-23)21-20(26)22-18(17)14-4-6-15(7-5-14)24(27)28/h4-7,13,18H,3,8-12H2,1-2H3,(H2,21,22,26)/t18-/m1/s1. The number of hydrogen-bond donors (Lipinski definition) is 2. The molecular formula is C20H26N4O5. The van der Waals surface area contributed by atoms with Crippen molar-refractivity contribution in [2.45, 2.75) is 32.7 Å². The van der Waals surface area contributed by atoms with E-state index in [1.54, 1.807) is 19.1 Å². The number of nitro benzene ring substituents is 1. The van der Waals surface area contributed by atoms with E-state index >= 15 is 0 Å². The monoisotopic (exact) mass is 402 g/mol. The molecule has 0 aromatic heterocycles. The van der Waals surface area contributed by atoms with Crippen LogP contribution in [0.3, 0.4) is 0 Å². The van der Waals surface area contributed by atoms with E-state index in [-0.39, 0.29) is 12.3 Å². The summed E-state index contributed by atoms with van der Waals surface area (Å²) < 4.78 is 5.25. The van der Waals surface area contributed by atoms with E-state index in [1.165, 1.54) is 12.1 Å². The van der Waals surface area contributed by atoms with E-state index in [4.69, 9.17) is 4.74 Å². The van der Waals surface area contributed by atoms with E-state index in [9.17, 15) is 19.7 Å². The second-order valence-corrected chi connectivity index (χ2v) is 7.45. The second-order valence-electron chi connectivity index (χ2n) is 7.45. The van der Waals surface area contributed by atoms with Crippen LogP contribution in [0.25, 0.3) is 0 Å². The zero-order valence-corrected chi connectivity index (χ0v) is 16.6. The van der Waals surface area contributed by atoms with E-state index in [2.05, 4.69) is 22.5 Å². The lowest BCUT2D eigenvalue weighted by molar-refractivity contribution is -0.384. The Kier molecular flexibility index (Phi) is 6.48. The number of carbonyl (C=O) groups is 2. The molecule has 0 aliphatic carbocycles. The number of rotatable bonds is 6. The number of nitrogens with one attached hydrogen (secondary N) is 2. The minimum atomic E-state index is -0.734. The lowest BCUT2D eigenvalue weighted by Gasteiger charge is -2.34. The molecule has 2 N–H and O–H groups in total. The minimum Gasteiger partial charge on any atom is -0.463 e. The van der Waals surface area contributed by atoms with Crippen LogP contribution < -0.4 is 10.6 Å². The predicted octanol–water partition coefficient (Wildman–Crippen LogP) is 2.50. The average Bonchev–Trinajstić information content (AvgIpc) is 2.69. The third-order valence-corrected chi connectivity index (χ3v) is 5.34. The minimum absolute atomic E-state index is 0.0571. The molecule has 1 aromatic carbocycles. The van der Waals surface area contributed by atoms with Crippen molar-refractivity contribution in [3.8, 4) is 0 Å². The molecule has 0 bridgehead atoms. The molecular weight excluding hydrogens is 376 g/mol. The van der Waals surface area contributed by atoms with Crippen molar-refractivity contribution in [1.82, 2.24) is 15.5 Å². The Morgan fingerprint density at radius 3 is 2.52 bits per heavy atom. The third kappa shape index (κ3) is 4.92. The zero-order valence-electron chi connectivity index (χ0n) is 16.6. The molecule has 2 heterocycles. The quantitative estimate of drug-likeness (QED) is 0.429. The highest BCUT2D eigenvalue weighted by Crippen LogP contribution is 2.30. The molecule has 9 heteroatoms. The Labute approximate surface area is 169 Å². The summed E-state index contributed by atoms with van der Waals surface area (Å²) >= 11 is 0. The van der Waals surface area contributed by atoms with Gasteiger partial charge in [-0.1, -0.05) is 6.92 Å². The molecule has 2 aliphatic heterocycles. The summed E-state index contributed by atoms with van der Waals surface area (Å²) in [5, 5.41) is 16.5. The van der Waals surface area contributed by atoms with Gasteiger partial charge in [0.2, 0.25) is 0 Å². The number of esters is 1. The Morgan fingerprint density at radius 2 is 1.93 bits per heavy atom. The van der Waals surface area contributed by atoms with Crippen molar-refractivity contribution in [2.24, 2.45) is 5.92 Å². The van der Waals surface area contributed by atoms with Crippen LogP contribution in [0.15, 0.2) is 35.5 Å². The maximum Gasteiger partial charge on any atom is 0.338 e. The molecule has 2 amide bonds. The van der Waals surface area contributed by atoms with Crippen LogP contribution in [0, 0.1) is 16.0 Å². The van der Waals surface area contributed by atoms with E-state index in [0.29, 0.717) is 29.3 Å². The van der Waals surface area contributed by atoms with Gasteiger partial charge < -0.3 is 15.4 Å². The molecule has 0 radical (unpaired) electrons. The Bertz CT molecular complexity index is 813. The first kappa shape index (κ1) is 20.8. The molecule has 3 rings (SSSR count). The molecule has 0 spiro atoms. The van der Waals surface area contributed by atoms with Crippen LogP contribution in [0.4, 0.5) is 10.5 Å². The van der Waals surface area contributed by atoms with E-state index in [1.807, 2.05) is 0 Å². The summed E-state index contributed by atoms with van der Waals surface area (Å²) in [6, 6.07) is 4.67. The number of benzene rings is 1. The van der Waals surface area contributed by atoms with Gasteiger partial charge in [-0.25, -0.2) is 9.59 Å². The predicted molar refractivity (Wildman–Crippen MR) is 106 cm³/mol. The maximum atomic E-state index is 12.8. The van der Waals surface area contributed by atoms with Gasteiger partial charge >= 0.3 is 12.0 Å². The molecule has 1 saturated heterocycles. The highest BCUT2D eigenvalue weighted by molar-refractivity contribution is 5.95. The normalized spacial score (nSPS) is 20.8. The number of nitrogens with zero attached hydrogens (tertiary/aromatic N) is 2. The van der Waals surface area contributed by atoms with Crippen molar-refractivity contribution < 1.29 is 19.2 Å².